The van der Waals surface area contributed by atoms with E-state index in [0.717, 1.165) is 24.1 Å². The van der Waals surface area contributed by atoms with Crippen LogP contribution in [0.3, 0.4) is 0 Å². The zero-order valence-electron chi connectivity index (χ0n) is 10.1. The SMILES string of the molecule is Cc1cc(C(O)CCC(C)(C)C)ccn1. The molecule has 2 nitrogen and oxygen atoms in total. The lowest BCUT2D eigenvalue weighted by molar-refractivity contribution is 0.147. The number of aryl methyl sites for hydroxylation is 1. The van der Waals surface area contributed by atoms with Gasteiger partial charge in [-0.25, -0.2) is 0 Å². The van der Waals surface area contributed by atoms with Gasteiger partial charge in [-0.15, -0.1) is 0 Å². The fraction of sp³-hybridized carbons (Fsp3) is 0.615. The molecule has 1 rings (SSSR count). The summed E-state index contributed by atoms with van der Waals surface area (Å²) in [5.41, 5.74) is 2.22. The number of aromatic nitrogens is 1. The Hall–Kier alpha value is -0.890. The maximum Gasteiger partial charge on any atom is 0.0791 e. The van der Waals surface area contributed by atoms with Crippen molar-refractivity contribution < 1.29 is 5.11 Å². The molecule has 84 valence electrons. The predicted octanol–water partition coefficient (Wildman–Crippen LogP) is 3.25. The molecule has 0 aliphatic heterocycles. The first kappa shape index (κ1) is 12.2. The summed E-state index contributed by atoms with van der Waals surface area (Å²) in [5.74, 6) is 0. The molecule has 2 heteroatoms. The third kappa shape index (κ3) is 4.43. The van der Waals surface area contributed by atoms with Crippen LogP contribution in [0.25, 0.3) is 0 Å². The maximum atomic E-state index is 9.98. The topological polar surface area (TPSA) is 33.1 Å². The second-order valence-electron chi connectivity index (χ2n) is 5.35. The molecule has 1 aromatic rings. The summed E-state index contributed by atoms with van der Waals surface area (Å²) < 4.78 is 0. The molecule has 0 aliphatic carbocycles. The molecule has 1 heterocycles. The Balaban J connectivity index is 2.58. The van der Waals surface area contributed by atoms with E-state index in [2.05, 4.69) is 25.8 Å². The summed E-state index contributed by atoms with van der Waals surface area (Å²) >= 11 is 0. The van der Waals surface area contributed by atoms with Crippen molar-refractivity contribution in [3.05, 3.63) is 29.6 Å². The second-order valence-corrected chi connectivity index (χ2v) is 5.35. The number of aliphatic hydroxyl groups is 1. The molecule has 1 aromatic heterocycles. The van der Waals surface area contributed by atoms with Crippen LogP contribution in [0.4, 0.5) is 0 Å². The smallest absolute Gasteiger partial charge is 0.0791 e. The van der Waals surface area contributed by atoms with Gasteiger partial charge in [0.2, 0.25) is 0 Å². The van der Waals surface area contributed by atoms with Crippen LogP contribution in [0.2, 0.25) is 0 Å². The molecule has 0 radical (unpaired) electrons. The predicted molar refractivity (Wildman–Crippen MR) is 62.6 cm³/mol. The highest BCUT2D eigenvalue weighted by Crippen LogP contribution is 2.27. The van der Waals surface area contributed by atoms with Gasteiger partial charge in [0.1, 0.15) is 0 Å². The quantitative estimate of drug-likeness (QED) is 0.825. The highest BCUT2D eigenvalue weighted by Gasteiger charge is 2.14. The van der Waals surface area contributed by atoms with Gasteiger partial charge in [0.25, 0.3) is 0 Å². The van der Waals surface area contributed by atoms with Crippen LogP contribution < -0.4 is 0 Å². The third-order valence-electron chi connectivity index (χ3n) is 2.47. The Morgan fingerprint density at radius 1 is 1.40 bits per heavy atom. The van der Waals surface area contributed by atoms with Crippen molar-refractivity contribution in [1.82, 2.24) is 4.98 Å². The van der Waals surface area contributed by atoms with E-state index in [0.29, 0.717) is 0 Å². The summed E-state index contributed by atoms with van der Waals surface area (Å²) in [6, 6.07) is 3.84. The van der Waals surface area contributed by atoms with Gasteiger partial charge in [0, 0.05) is 11.9 Å². The van der Waals surface area contributed by atoms with E-state index in [1.165, 1.54) is 0 Å². The zero-order valence-corrected chi connectivity index (χ0v) is 10.1. The molecular formula is C13H21NO. The highest BCUT2D eigenvalue weighted by molar-refractivity contribution is 5.17. The van der Waals surface area contributed by atoms with E-state index in [1.807, 2.05) is 19.1 Å². The molecule has 0 aliphatic rings. The lowest BCUT2D eigenvalue weighted by Gasteiger charge is -2.20. The summed E-state index contributed by atoms with van der Waals surface area (Å²) in [6.45, 7) is 8.52. The van der Waals surface area contributed by atoms with Crippen molar-refractivity contribution in [3.8, 4) is 0 Å². The third-order valence-corrected chi connectivity index (χ3v) is 2.47. The van der Waals surface area contributed by atoms with Crippen LogP contribution in [0.15, 0.2) is 18.3 Å². The van der Waals surface area contributed by atoms with Crippen LogP contribution in [0.1, 0.15) is 51.0 Å². The van der Waals surface area contributed by atoms with Gasteiger partial charge in [-0.05, 0) is 42.9 Å². The molecule has 0 spiro atoms. The van der Waals surface area contributed by atoms with Gasteiger partial charge >= 0.3 is 0 Å². The monoisotopic (exact) mass is 207 g/mol. The molecule has 0 aromatic carbocycles. The van der Waals surface area contributed by atoms with Gasteiger partial charge in [-0.2, -0.15) is 0 Å². The summed E-state index contributed by atoms with van der Waals surface area (Å²) in [7, 11) is 0. The van der Waals surface area contributed by atoms with Crippen LogP contribution in [0.5, 0.6) is 0 Å². The normalized spacial score (nSPS) is 13.9. The van der Waals surface area contributed by atoms with E-state index in [-0.39, 0.29) is 11.5 Å². The minimum Gasteiger partial charge on any atom is -0.388 e. The van der Waals surface area contributed by atoms with E-state index in [4.69, 9.17) is 0 Å². The number of aliphatic hydroxyl groups excluding tert-OH is 1. The van der Waals surface area contributed by atoms with Gasteiger partial charge < -0.3 is 5.11 Å². The minimum atomic E-state index is -0.356. The average molecular weight is 207 g/mol. The molecule has 1 atom stereocenters. The molecule has 0 amide bonds. The van der Waals surface area contributed by atoms with Crippen LogP contribution in [-0.4, -0.2) is 10.1 Å². The van der Waals surface area contributed by atoms with Crippen molar-refractivity contribution in [3.63, 3.8) is 0 Å². The van der Waals surface area contributed by atoms with Gasteiger partial charge in [-0.3, -0.25) is 4.98 Å². The molecule has 0 bridgehead atoms. The van der Waals surface area contributed by atoms with Gasteiger partial charge in [-0.1, -0.05) is 20.8 Å². The Morgan fingerprint density at radius 2 is 2.07 bits per heavy atom. The Kier molecular flexibility index (Phi) is 3.86. The van der Waals surface area contributed by atoms with Crippen LogP contribution in [-0.2, 0) is 0 Å². The van der Waals surface area contributed by atoms with Crippen molar-refractivity contribution in [1.29, 1.82) is 0 Å². The van der Waals surface area contributed by atoms with Crippen LogP contribution in [0, 0.1) is 12.3 Å². The fourth-order valence-electron chi connectivity index (χ4n) is 1.51. The molecule has 0 saturated carbocycles. The van der Waals surface area contributed by atoms with E-state index in [9.17, 15) is 5.11 Å². The lowest BCUT2D eigenvalue weighted by atomic mass is 9.88. The Labute approximate surface area is 92.4 Å². The number of hydrogen-bond donors (Lipinski definition) is 1. The molecule has 1 unspecified atom stereocenters. The molecule has 0 fully saturated rings. The van der Waals surface area contributed by atoms with E-state index < -0.39 is 0 Å². The van der Waals surface area contributed by atoms with Crippen molar-refractivity contribution in [2.45, 2.75) is 46.6 Å². The largest absolute Gasteiger partial charge is 0.388 e. The van der Waals surface area contributed by atoms with Gasteiger partial charge in [0.15, 0.2) is 0 Å². The van der Waals surface area contributed by atoms with Crippen molar-refractivity contribution in [2.24, 2.45) is 5.41 Å². The fourth-order valence-corrected chi connectivity index (χ4v) is 1.51. The number of pyridine rings is 1. The first-order valence-corrected chi connectivity index (χ1v) is 5.49. The summed E-state index contributed by atoms with van der Waals surface area (Å²) in [4.78, 5) is 4.12. The summed E-state index contributed by atoms with van der Waals surface area (Å²) in [6.07, 6.45) is 3.24. The van der Waals surface area contributed by atoms with E-state index >= 15 is 0 Å². The number of hydrogen-bond acceptors (Lipinski definition) is 2. The van der Waals surface area contributed by atoms with Crippen LogP contribution >= 0.6 is 0 Å². The Bertz CT molecular complexity index is 315. The molecule has 1 N–H and O–H groups in total. The number of nitrogens with zero attached hydrogens (tertiary/aromatic N) is 1. The minimum absolute atomic E-state index is 0.281. The molecule has 0 saturated heterocycles. The van der Waals surface area contributed by atoms with Gasteiger partial charge in [0.05, 0.1) is 6.10 Å². The Morgan fingerprint density at radius 3 is 2.60 bits per heavy atom. The number of rotatable bonds is 3. The lowest BCUT2D eigenvalue weighted by Crippen LogP contribution is -2.08. The highest BCUT2D eigenvalue weighted by atomic mass is 16.3. The van der Waals surface area contributed by atoms with Crippen molar-refractivity contribution in [2.75, 3.05) is 0 Å². The first-order chi connectivity index (χ1) is 6.88. The maximum absolute atomic E-state index is 9.98. The van der Waals surface area contributed by atoms with E-state index in [1.54, 1.807) is 6.20 Å². The molecular weight excluding hydrogens is 186 g/mol. The standard InChI is InChI=1S/C13H21NO/c1-10-9-11(6-8-14-10)12(15)5-7-13(2,3)4/h6,8-9,12,15H,5,7H2,1-4H3. The first-order valence-electron chi connectivity index (χ1n) is 5.49. The zero-order chi connectivity index (χ0) is 11.5. The van der Waals surface area contributed by atoms with Crippen molar-refractivity contribution >= 4 is 0 Å². The average Bonchev–Trinajstić information content (AvgIpc) is 2.13. The summed E-state index contributed by atoms with van der Waals surface area (Å²) in [5, 5.41) is 9.98. The second kappa shape index (κ2) is 4.75. The molecule has 15 heavy (non-hydrogen) atoms.